The van der Waals surface area contributed by atoms with Gasteiger partial charge in [-0.15, -0.1) is 0 Å². The van der Waals surface area contributed by atoms with Gasteiger partial charge in [-0.05, 0) is 85.6 Å². The molecular formula is C51H60ClN9O8S. The third-order valence-electron chi connectivity index (χ3n) is 14.6. The molecule has 19 heteroatoms. The van der Waals surface area contributed by atoms with Crippen LogP contribution in [0.15, 0.2) is 89.6 Å². The highest BCUT2D eigenvalue weighted by atomic mass is 35.5. The molecule has 2 atom stereocenters. The van der Waals surface area contributed by atoms with Gasteiger partial charge >= 0.3 is 0 Å². The molecule has 2 aromatic heterocycles. The summed E-state index contributed by atoms with van der Waals surface area (Å²) < 4.78 is 48.0. The maximum absolute atomic E-state index is 14.2. The van der Waals surface area contributed by atoms with Crippen LogP contribution in [0.3, 0.4) is 0 Å². The van der Waals surface area contributed by atoms with Crippen molar-refractivity contribution in [2.75, 3.05) is 88.9 Å². The number of anilines is 2. The molecule has 3 fully saturated rings. The lowest BCUT2D eigenvalue weighted by molar-refractivity contribution is -0.384. The van der Waals surface area contributed by atoms with Gasteiger partial charge < -0.3 is 34.3 Å². The average Bonchev–Trinajstić information content (AvgIpc) is 3.79. The highest BCUT2D eigenvalue weighted by Gasteiger charge is 2.36. The predicted molar refractivity (Wildman–Crippen MR) is 270 cm³/mol. The Bertz CT molecular complexity index is 2920. The number of pyridine rings is 1. The first kappa shape index (κ1) is 47.9. The number of allylic oxidation sites excluding steroid dienone is 1. The number of amides is 1. The quantitative estimate of drug-likeness (QED) is 0.0723. The van der Waals surface area contributed by atoms with Crippen molar-refractivity contribution in [1.82, 2.24) is 29.4 Å². The van der Waals surface area contributed by atoms with Crippen molar-refractivity contribution in [1.29, 1.82) is 0 Å². The summed E-state index contributed by atoms with van der Waals surface area (Å²) in [5.41, 5.74) is 5.36. The van der Waals surface area contributed by atoms with E-state index in [0.29, 0.717) is 43.0 Å². The average molecular weight is 995 g/mol. The van der Waals surface area contributed by atoms with Gasteiger partial charge in [-0.1, -0.05) is 43.2 Å². The number of ether oxygens (including phenoxy) is 3. The number of hydrogen-bond acceptors (Lipinski definition) is 14. The van der Waals surface area contributed by atoms with E-state index in [4.69, 9.17) is 25.8 Å². The number of nitro groups is 1. The number of carbonyl (C=O) groups excluding carboxylic acids is 1. The molecule has 1 aliphatic carbocycles. The van der Waals surface area contributed by atoms with E-state index in [-0.39, 0.29) is 40.8 Å². The van der Waals surface area contributed by atoms with E-state index in [9.17, 15) is 23.3 Å². The first-order valence-electron chi connectivity index (χ1n) is 24.2. The second-order valence-electron chi connectivity index (χ2n) is 20.1. The molecule has 70 heavy (non-hydrogen) atoms. The lowest BCUT2D eigenvalue weighted by Gasteiger charge is -2.46. The number of fused-ring (bicyclic) bond motifs is 2. The summed E-state index contributed by atoms with van der Waals surface area (Å²) in [6, 6.07) is 19.7. The first-order valence-corrected chi connectivity index (χ1v) is 26.0. The van der Waals surface area contributed by atoms with Crippen molar-refractivity contribution in [2.45, 2.75) is 69.5 Å². The fourth-order valence-electron chi connectivity index (χ4n) is 10.5. The molecule has 5 aromatic rings. The van der Waals surface area contributed by atoms with Gasteiger partial charge in [0, 0.05) is 105 Å². The van der Waals surface area contributed by atoms with Crippen LogP contribution in [0.4, 0.5) is 17.1 Å². The number of aromatic nitrogens is 2. The summed E-state index contributed by atoms with van der Waals surface area (Å²) in [5.74, 6) is -0.494. The molecule has 0 radical (unpaired) electrons. The van der Waals surface area contributed by atoms with Gasteiger partial charge in [0.1, 0.15) is 23.8 Å². The van der Waals surface area contributed by atoms with Crippen molar-refractivity contribution < 1.29 is 32.3 Å². The largest absolute Gasteiger partial charge is 0.489 e. The van der Waals surface area contributed by atoms with E-state index in [0.717, 1.165) is 100 Å². The standard InChI is InChI=1S/C51H60ClN9O8S/c1-33-28-57(18-21-60(33)40-31-67-32-40)15-12-38-30-68-47-25-42(24-45(61(63)64)48(47)55-38)70(65,66)56-50(62)43-9-8-39(23-46(43)69-41-22-35-11-14-53-49(35)54-27-41)59-19-16-58(17-20-59)29-36-10-13-51(2,3)26-44(36)34-4-6-37(52)7-5-34/h4-9,11,14,22-25,27,33,38,40,55H,10,12-13,15-21,26,28-32H2,1-3H3,(H,53,54)(H,56,62)/t33-,38+/m1/s1. The van der Waals surface area contributed by atoms with E-state index < -0.39 is 31.4 Å². The van der Waals surface area contributed by atoms with Crippen molar-refractivity contribution in [3.8, 4) is 17.2 Å². The van der Waals surface area contributed by atoms with E-state index >= 15 is 0 Å². The third kappa shape index (κ3) is 10.5. The second kappa shape index (κ2) is 19.8. The van der Waals surface area contributed by atoms with E-state index in [1.54, 1.807) is 30.5 Å². The van der Waals surface area contributed by atoms with Gasteiger partial charge in [0.05, 0.1) is 46.9 Å². The van der Waals surface area contributed by atoms with Crippen molar-refractivity contribution >= 4 is 61.2 Å². The summed E-state index contributed by atoms with van der Waals surface area (Å²) in [7, 11) is -4.67. The number of nitrogens with one attached hydrogen (secondary N) is 3. The zero-order valence-corrected chi connectivity index (χ0v) is 41.4. The third-order valence-corrected chi connectivity index (χ3v) is 16.1. The van der Waals surface area contributed by atoms with E-state index in [1.165, 1.54) is 29.0 Å². The molecule has 0 spiro atoms. The summed E-state index contributed by atoms with van der Waals surface area (Å²) in [6.07, 6.45) is 7.14. The van der Waals surface area contributed by atoms with Gasteiger partial charge in [-0.2, -0.15) is 0 Å². The highest BCUT2D eigenvalue weighted by Crippen LogP contribution is 2.44. The van der Waals surface area contributed by atoms with Gasteiger partial charge in [-0.25, -0.2) is 18.1 Å². The normalized spacial score (nSPS) is 21.4. The number of H-pyrrole nitrogens is 1. The smallest absolute Gasteiger partial charge is 0.297 e. The molecule has 5 aliphatic rings. The number of sulfonamides is 1. The molecule has 0 bridgehead atoms. The van der Waals surface area contributed by atoms with Crippen molar-refractivity contribution in [2.24, 2.45) is 5.41 Å². The molecule has 3 aromatic carbocycles. The van der Waals surface area contributed by atoms with Crippen LogP contribution in [0, 0.1) is 15.5 Å². The van der Waals surface area contributed by atoms with Crippen LogP contribution < -0.4 is 24.4 Å². The SMILES string of the molecule is C[C@@H]1CN(CC[C@H]2COc3cc(S(=O)(=O)NC(=O)c4ccc(N5CCN(CC6=C(c7ccc(Cl)cc7)CC(C)(C)CC6)CC5)cc4Oc4cnc5[nH]ccc5c4)cc([N+](=O)[O-])c3N2)CCN1C1COC1. The Hall–Kier alpha value is -5.76. The van der Waals surface area contributed by atoms with E-state index in [2.05, 4.69) is 72.5 Å². The number of piperazine rings is 2. The van der Waals surface area contributed by atoms with Crippen LogP contribution in [0.1, 0.15) is 62.4 Å². The van der Waals surface area contributed by atoms with Gasteiger partial charge in [0.25, 0.3) is 21.6 Å². The molecule has 6 heterocycles. The Morgan fingerprint density at radius 1 is 1.00 bits per heavy atom. The van der Waals surface area contributed by atoms with Crippen molar-refractivity contribution in [3.63, 3.8) is 0 Å². The molecule has 3 saturated heterocycles. The van der Waals surface area contributed by atoms with Gasteiger partial charge in [0.2, 0.25) is 0 Å². The Kier molecular flexibility index (Phi) is 13.5. The minimum atomic E-state index is -4.67. The number of nitro benzene ring substituents is 1. The fraction of sp³-hybridized carbons (Fsp3) is 0.451. The molecule has 3 N–H and O–H groups in total. The van der Waals surface area contributed by atoms with Gasteiger partial charge in [-0.3, -0.25) is 24.7 Å². The zero-order valence-electron chi connectivity index (χ0n) is 39.8. The first-order chi connectivity index (χ1) is 33.6. The van der Waals surface area contributed by atoms with Crippen LogP contribution in [0.2, 0.25) is 5.02 Å². The number of nitrogens with zero attached hydrogens (tertiary/aromatic N) is 6. The number of aromatic amines is 1. The molecule has 10 rings (SSSR count). The lowest BCUT2D eigenvalue weighted by Crippen LogP contribution is -2.60. The Morgan fingerprint density at radius 3 is 2.53 bits per heavy atom. The molecule has 0 saturated carbocycles. The second-order valence-corrected chi connectivity index (χ2v) is 22.2. The zero-order chi connectivity index (χ0) is 48.7. The number of halogens is 1. The lowest BCUT2D eigenvalue weighted by atomic mass is 9.72. The molecular weight excluding hydrogens is 934 g/mol. The fourth-order valence-corrected chi connectivity index (χ4v) is 11.6. The molecule has 370 valence electrons. The minimum Gasteiger partial charge on any atom is -0.489 e. The Labute approximate surface area is 413 Å². The molecule has 1 amide bonds. The predicted octanol–water partition coefficient (Wildman–Crippen LogP) is 7.79. The van der Waals surface area contributed by atoms with E-state index in [1.807, 2.05) is 18.2 Å². The summed E-state index contributed by atoms with van der Waals surface area (Å²) in [6.45, 7) is 16.1. The molecule has 4 aliphatic heterocycles. The summed E-state index contributed by atoms with van der Waals surface area (Å²) in [5, 5.41) is 17.2. The van der Waals surface area contributed by atoms with Gasteiger partial charge in [0.15, 0.2) is 11.4 Å². The molecule has 0 unspecified atom stereocenters. The summed E-state index contributed by atoms with van der Waals surface area (Å²) in [4.78, 5) is 42.6. The Morgan fingerprint density at radius 2 is 1.79 bits per heavy atom. The number of benzene rings is 3. The van der Waals surface area contributed by atoms with Crippen LogP contribution in [0.5, 0.6) is 17.2 Å². The van der Waals surface area contributed by atoms with Crippen LogP contribution in [-0.4, -0.2) is 141 Å². The maximum Gasteiger partial charge on any atom is 0.297 e. The minimum absolute atomic E-state index is 0.0192. The van der Waals surface area contributed by atoms with Crippen LogP contribution in [0.25, 0.3) is 16.6 Å². The Balaban J connectivity index is 0.837. The monoisotopic (exact) mass is 993 g/mol. The molecule has 17 nitrogen and oxygen atoms in total. The highest BCUT2D eigenvalue weighted by molar-refractivity contribution is 7.90. The number of hydrogen-bond donors (Lipinski definition) is 3. The maximum atomic E-state index is 14.2. The number of carbonyl (C=O) groups is 1. The summed E-state index contributed by atoms with van der Waals surface area (Å²) >= 11 is 6.26. The van der Waals surface area contributed by atoms with Crippen molar-refractivity contribution in [3.05, 3.63) is 111 Å². The number of rotatable bonds is 14. The van der Waals surface area contributed by atoms with Crippen LogP contribution in [-0.2, 0) is 14.8 Å². The topological polar surface area (TPSA) is 188 Å². The van der Waals surface area contributed by atoms with Crippen LogP contribution >= 0.6 is 11.6 Å².